The third-order valence-corrected chi connectivity index (χ3v) is 3.35. The van der Waals surface area contributed by atoms with Crippen molar-refractivity contribution >= 4 is 37.9 Å². The number of rotatable bonds is 0. The lowest BCUT2D eigenvalue weighted by atomic mass is 10.1. The number of hydrogen-bond acceptors (Lipinski definition) is 3. The molecule has 1 rings (SSSR count). The first-order valence-corrected chi connectivity index (χ1v) is 4.59. The molecule has 0 heterocycles. The Morgan fingerprint density at radius 2 is 1.27 bits per heavy atom. The van der Waals surface area contributed by atoms with E-state index < -0.39 is 0 Å². The number of hydrogen-bond donors (Lipinski definition) is 3. The highest BCUT2D eigenvalue weighted by Crippen LogP contribution is 2.29. The predicted octanol–water partition coefficient (Wildman–Crippen LogP) is 3.17. The number of thiol groups is 3. The van der Waals surface area contributed by atoms with Gasteiger partial charge in [0.15, 0.2) is 0 Å². The van der Waals surface area contributed by atoms with Crippen LogP contribution < -0.4 is 0 Å². The van der Waals surface area contributed by atoms with Crippen LogP contribution in [0.15, 0.2) is 20.8 Å². The summed E-state index contributed by atoms with van der Waals surface area (Å²) in [6.45, 7) is 4.01. The summed E-state index contributed by atoms with van der Waals surface area (Å²) in [6, 6.07) is 1.94. The minimum Gasteiger partial charge on any atom is -0.143 e. The van der Waals surface area contributed by atoms with Gasteiger partial charge in [0.1, 0.15) is 0 Å². The van der Waals surface area contributed by atoms with Crippen molar-refractivity contribution in [3.63, 3.8) is 0 Å². The maximum absolute atomic E-state index is 4.35. The molecule has 0 amide bonds. The Morgan fingerprint density at radius 3 is 1.64 bits per heavy atom. The zero-order valence-electron chi connectivity index (χ0n) is 6.42. The summed E-state index contributed by atoms with van der Waals surface area (Å²) in [6.07, 6.45) is 0. The summed E-state index contributed by atoms with van der Waals surface area (Å²) >= 11 is 12.9. The van der Waals surface area contributed by atoms with Crippen molar-refractivity contribution < 1.29 is 0 Å². The molecule has 0 nitrogen and oxygen atoms in total. The Balaban J connectivity index is 3.46. The zero-order valence-corrected chi connectivity index (χ0v) is 9.10. The summed E-state index contributed by atoms with van der Waals surface area (Å²) in [5.74, 6) is 0. The van der Waals surface area contributed by atoms with Crippen LogP contribution in [0.3, 0.4) is 0 Å². The molecule has 0 unspecified atom stereocenters. The molecule has 60 valence electrons. The predicted molar refractivity (Wildman–Crippen MR) is 57.7 cm³/mol. The van der Waals surface area contributed by atoms with Gasteiger partial charge < -0.3 is 0 Å². The van der Waals surface area contributed by atoms with Gasteiger partial charge in [-0.1, -0.05) is 0 Å². The Bertz CT molecular complexity index is 266. The molecular formula is C8H10S3. The van der Waals surface area contributed by atoms with E-state index in [9.17, 15) is 0 Å². The van der Waals surface area contributed by atoms with Gasteiger partial charge in [-0.3, -0.25) is 0 Å². The molecule has 0 atom stereocenters. The molecular weight excluding hydrogens is 192 g/mol. The van der Waals surface area contributed by atoms with Gasteiger partial charge in [0, 0.05) is 14.7 Å². The van der Waals surface area contributed by atoms with Crippen LogP contribution >= 0.6 is 37.9 Å². The second kappa shape index (κ2) is 3.33. The van der Waals surface area contributed by atoms with Crippen molar-refractivity contribution in [1.29, 1.82) is 0 Å². The molecule has 0 aliphatic carbocycles. The van der Waals surface area contributed by atoms with E-state index in [2.05, 4.69) is 37.9 Å². The Hall–Kier alpha value is 0.270. The van der Waals surface area contributed by atoms with E-state index in [0.29, 0.717) is 0 Å². The van der Waals surface area contributed by atoms with E-state index in [-0.39, 0.29) is 0 Å². The molecule has 0 aliphatic rings. The van der Waals surface area contributed by atoms with Crippen LogP contribution in [0.4, 0.5) is 0 Å². The van der Waals surface area contributed by atoms with E-state index in [1.54, 1.807) is 0 Å². The van der Waals surface area contributed by atoms with E-state index in [4.69, 9.17) is 0 Å². The van der Waals surface area contributed by atoms with Crippen molar-refractivity contribution in [1.82, 2.24) is 0 Å². The highest BCUT2D eigenvalue weighted by atomic mass is 32.1. The third kappa shape index (κ3) is 1.71. The van der Waals surface area contributed by atoms with Crippen molar-refractivity contribution in [3.8, 4) is 0 Å². The lowest BCUT2D eigenvalue weighted by Crippen LogP contribution is -1.86. The smallest absolute Gasteiger partial charge is 0.0121 e. The van der Waals surface area contributed by atoms with Gasteiger partial charge in [-0.15, -0.1) is 37.9 Å². The van der Waals surface area contributed by atoms with Crippen LogP contribution in [-0.2, 0) is 0 Å². The highest BCUT2D eigenvalue weighted by molar-refractivity contribution is 7.82. The van der Waals surface area contributed by atoms with Crippen molar-refractivity contribution in [2.45, 2.75) is 28.5 Å². The minimum absolute atomic E-state index is 0.950. The zero-order chi connectivity index (χ0) is 8.59. The summed E-state index contributed by atoms with van der Waals surface area (Å²) in [7, 11) is 0. The van der Waals surface area contributed by atoms with E-state index >= 15 is 0 Å². The van der Waals surface area contributed by atoms with Gasteiger partial charge in [0.05, 0.1) is 0 Å². The van der Waals surface area contributed by atoms with Crippen LogP contribution in [0.1, 0.15) is 11.1 Å². The van der Waals surface area contributed by atoms with Gasteiger partial charge in [0.25, 0.3) is 0 Å². The maximum Gasteiger partial charge on any atom is 0.0121 e. The molecule has 0 saturated carbocycles. The van der Waals surface area contributed by atoms with Gasteiger partial charge in [-0.25, -0.2) is 0 Å². The number of benzene rings is 1. The average molecular weight is 202 g/mol. The first kappa shape index (κ1) is 9.36. The molecule has 0 aliphatic heterocycles. The molecule has 11 heavy (non-hydrogen) atoms. The molecule has 0 N–H and O–H groups in total. The van der Waals surface area contributed by atoms with Crippen molar-refractivity contribution in [3.05, 3.63) is 17.2 Å². The van der Waals surface area contributed by atoms with Gasteiger partial charge in [-0.2, -0.15) is 0 Å². The standard InChI is InChI=1S/C8H10S3/c1-4-6(9)3-7(10)5(2)8(4)11/h3,9-11H,1-2H3. The van der Waals surface area contributed by atoms with Crippen LogP contribution in [-0.4, -0.2) is 0 Å². The fourth-order valence-corrected chi connectivity index (χ4v) is 1.87. The second-order valence-electron chi connectivity index (χ2n) is 2.51. The largest absolute Gasteiger partial charge is 0.143 e. The molecule has 0 spiro atoms. The van der Waals surface area contributed by atoms with Gasteiger partial charge >= 0.3 is 0 Å². The van der Waals surface area contributed by atoms with Gasteiger partial charge in [-0.05, 0) is 31.0 Å². The summed E-state index contributed by atoms with van der Waals surface area (Å²) in [5, 5.41) is 0. The molecule has 0 bridgehead atoms. The van der Waals surface area contributed by atoms with E-state index in [0.717, 1.165) is 25.8 Å². The first-order valence-electron chi connectivity index (χ1n) is 3.25. The Kier molecular flexibility index (Phi) is 2.84. The van der Waals surface area contributed by atoms with Crippen molar-refractivity contribution in [2.24, 2.45) is 0 Å². The lowest BCUT2D eigenvalue weighted by Gasteiger charge is -2.08. The summed E-state index contributed by atoms with van der Waals surface area (Å²) < 4.78 is 0. The van der Waals surface area contributed by atoms with Crippen molar-refractivity contribution in [2.75, 3.05) is 0 Å². The third-order valence-electron chi connectivity index (χ3n) is 1.75. The van der Waals surface area contributed by atoms with Crippen LogP contribution in [0.25, 0.3) is 0 Å². The fourth-order valence-electron chi connectivity index (χ4n) is 0.870. The highest BCUT2D eigenvalue weighted by Gasteiger charge is 2.04. The monoisotopic (exact) mass is 202 g/mol. The van der Waals surface area contributed by atoms with Crippen LogP contribution in [0, 0.1) is 13.8 Å². The summed E-state index contributed by atoms with van der Waals surface area (Å²) in [4.78, 5) is 2.89. The Labute approximate surface area is 83.6 Å². The normalized spacial score (nSPS) is 10.3. The SMILES string of the molecule is Cc1c(S)cc(S)c(C)c1S. The quantitative estimate of drug-likeness (QED) is 0.529. The fraction of sp³-hybridized carbons (Fsp3) is 0.250. The lowest BCUT2D eigenvalue weighted by molar-refractivity contribution is 1.08. The first-order chi connectivity index (χ1) is 5.04. The van der Waals surface area contributed by atoms with E-state index in [1.807, 2.05) is 19.9 Å². The Morgan fingerprint density at radius 1 is 0.909 bits per heavy atom. The summed E-state index contributed by atoms with van der Waals surface area (Å²) in [5.41, 5.74) is 2.24. The molecule has 0 aromatic heterocycles. The van der Waals surface area contributed by atoms with Gasteiger partial charge in [0.2, 0.25) is 0 Å². The molecule has 0 saturated heterocycles. The molecule has 3 heteroatoms. The molecule has 1 aromatic rings. The minimum atomic E-state index is 0.950. The topological polar surface area (TPSA) is 0 Å². The van der Waals surface area contributed by atoms with Crippen LogP contribution in [0.5, 0.6) is 0 Å². The average Bonchev–Trinajstić information content (AvgIpc) is 1.97. The molecule has 0 fully saturated rings. The molecule has 0 radical (unpaired) electrons. The molecule has 1 aromatic carbocycles. The van der Waals surface area contributed by atoms with E-state index in [1.165, 1.54) is 0 Å². The second-order valence-corrected chi connectivity index (χ2v) is 3.92. The maximum atomic E-state index is 4.35. The van der Waals surface area contributed by atoms with Crippen LogP contribution in [0.2, 0.25) is 0 Å².